The number of aromatic nitrogens is 4. The van der Waals surface area contributed by atoms with Gasteiger partial charge in [0, 0.05) is 54.1 Å². The summed E-state index contributed by atoms with van der Waals surface area (Å²) in [5.41, 5.74) is 0.612. The Balaban J connectivity index is 1.44. The number of nitrogens with one attached hydrogen (secondary N) is 2. The second-order valence-corrected chi connectivity index (χ2v) is 10.4. The van der Waals surface area contributed by atoms with E-state index in [2.05, 4.69) is 15.3 Å². The fourth-order valence-electron chi connectivity index (χ4n) is 4.55. The predicted molar refractivity (Wildman–Crippen MR) is 166 cm³/mol. The molecule has 2 aromatic carbocycles. The zero-order valence-corrected chi connectivity index (χ0v) is 24.5. The van der Waals surface area contributed by atoms with Crippen molar-refractivity contribution >= 4 is 17.8 Å². The number of nitrogens with zero attached hydrogens (tertiary/aromatic N) is 4. The fourth-order valence-corrected chi connectivity index (χ4v) is 4.55. The molecule has 0 bridgehead atoms. The van der Waals surface area contributed by atoms with Crippen LogP contribution in [-0.2, 0) is 6.42 Å². The summed E-state index contributed by atoms with van der Waals surface area (Å²) >= 11 is 0. The fraction of sp³-hybridized carbons (Fsp3) is 0.152. The van der Waals surface area contributed by atoms with E-state index in [0.29, 0.717) is 17.0 Å². The number of anilines is 1. The highest BCUT2D eigenvalue weighted by Crippen LogP contribution is 2.31. The third-order valence-electron chi connectivity index (χ3n) is 6.82. The van der Waals surface area contributed by atoms with Crippen molar-refractivity contribution < 1.29 is 18.3 Å². The Labute approximate surface area is 256 Å². The van der Waals surface area contributed by atoms with Gasteiger partial charge in [-0.1, -0.05) is 6.07 Å². The summed E-state index contributed by atoms with van der Waals surface area (Å²) in [6.45, 7) is 5.26. The lowest BCUT2D eigenvalue weighted by atomic mass is 10.1. The number of rotatable bonds is 9. The molecular weight excluding hydrogens is 582 g/mol. The molecule has 3 heterocycles. The minimum Gasteiger partial charge on any atom is -0.452 e. The van der Waals surface area contributed by atoms with E-state index in [1.165, 1.54) is 28.8 Å². The zero-order valence-electron chi connectivity index (χ0n) is 24.5. The first-order valence-electron chi connectivity index (χ1n) is 13.9. The first-order valence-corrected chi connectivity index (χ1v) is 13.9. The van der Waals surface area contributed by atoms with Crippen LogP contribution in [0, 0.1) is 24.0 Å². The molecule has 45 heavy (non-hydrogen) atoms. The number of carbonyl (C=O) groups excluding carboxylic acids is 1. The number of halogens is 2. The highest BCUT2D eigenvalue weighted by atomic mass is 19.1. The van der Waals surface area contributed by atoms with Crippen molar-refractivity contribution in [1.29, 1.82) is 5.41 Å². The van der Waals surface area contributed by atoms with Crippen LogP contribution < -0.4 is 21.3 Å². The van der Waals surface area contributed by atoms with Crippen LogP contribution in [0.25, 0.3) is 16.9 Å². The Kier molecular flexibility index (Phi) is 8.75. The number of benzene rings is 2. The third kappa shape index (κ3) is 6.59. The average molecular weight is 611 g/mol. The number of hydrogen-bond donors (Lipinski definition) is 2. The maximum atomic E-state index is 15.3. The molecule has 0 saturated heterocycles. The highest BCUT2D eigenvalue weighted by Gasteiger charge is 2.21. The first-order chi connectivity index (χ1) is 21.5. The summed E-state index contributed by atoms with van der Waals surface area (Å²) in [5.74, 6) is -2.19. The van der Waals surface area contributed by atoms with Crippen LogP contribution >= 0.6 is 0 Å². The van der Waals surface area contributed by atoms with Gasteiger partial charge in [0.15, 0.2) is 11.6 Å². The van der Waals surface area contributed by atoms with Crippen LogP contribution in [0.4, 0.5) is 14.5 Å². The Morgan fingerprint density at radius 3 is 2.47 bits per heavy atom. The predicted octanol–water partition coefficient (Wildman–Crippen LogP) is 5.86. The van der Waals surface area contributed by atoms with Gasteiger partial charge in [-0.15, -0.1) is 0 Å². The van der Waals surface area contributed by atoms with E-state index in [4.69, 9.17) is 10.1 Å². The minimum absolute atomic E-state index is 0.0235. The number of aryl methyl sites for hydroxylation is 1. The van der Waals surface area contributed by atoms with Gasteiger partial charge < -0.3 is 15.5 Å². The largest absolute Gasteiger partial charge is 0.452 e. The summed E-state index contributed by atoms with van der Waals surface area (Å²) in [5, 5.41) is 10.00. The van der Waals surface area contributed by atoms with E-state index in [1.807, 2.05) is 25.1 Å². The van der Waals surface area contributed by atoms with E-state index in [1.54, 1.807) is 26.1 Å². The van der Waals surface area contributed by atoms with Crippen LogP contribution in [-0.4, -0.2) is 31.2 Å². The van der Waals surface area contributed by atoms with Gasteiger partial charge in [0.05, 0.1) is 17.1 Å². The molecule has 1 amide bonds. The molecule has 10 nitrogen and oxygen atoms in total. The Morgan fingerprint density at radius 1 is 1.04 bits per heavy atom. The van der Waals surface area contributed by atoms with Gasteiger partial charge in [0.1, 0.15) is 17.1 Å². The van der Waals surface area contributed by atoms with Gasteiger partial charge in [-0.3, -0.25) is 24.1 Å². The number of carbonyl (C=O) groups is 1. The van der Waals surface area contributed by atoms with Crippen molar-refractivity contribution in [3.8, 4) is 28.4 Å². The monoisotopic (exact) mass is 610 g/mol. The molecule has 0 fully saturated rings. The number of pyridine rings is 2. The van der Waals surface area contributed by atoms with Crippen LogP contribution in [0.2, 0.25) is 0 Å². The molecule has 0 aliphatic rings. The number of hydrogen-bond acceptors (Lipinski definition) is 7. The maximum Gasteiger partial charge on any atom is 0.335 e. The topological polar surface area (TPSA) is 132 Å². The molecular formula is C33H28F2N6O4. The average Bonchev–Trinajstić information content (AvgIpc) is 3.00. The molecule has 0 atom stereocenters. The van der Waals surface area contributed by atoms with Crippen LogP contribution in [0.15, 0.2) is 88.7 Å². The standard InChI is InChI=1S/C33H28F2N6O4/c1-19(2)40-18-25(32(43)41(33(40)44)24-10-7-22(34)8-11-24)31(42)39-23-9-12-29(26(35)16-23)45-30-15-21(17-37-28(30)13-14-36)27-6-4-5-20(3)38-27/h4-12,14-19,36H,13H2,1-3H3,(H,39,42). The molecule has 5 rings (SSSR count). The van der Waals surface area contributed by atoms with Gasteiger partial charge in [0.2, 0.25) is 0 Å². The summed E-state index contributed by atoms with van der Waals surface area (Å²) in [4.78, 5) is 48.5. The highest BCUT2D eigenvalue weighted by molar-refractivity contribution is 6.03. The molecule has 3 aromatic heterocycles. The first kappa shape index (κ1) is 30.7. The minimum atomic E-state index is -0.921. The second kappa shape index (κ2) is 12.8. The van der Waals surface area contributed by atoms with E-state index in [0.717, 1.165) is 40.9 Å². The zero-order chi connectivity index (χ0) is 32.2. The summed E-state index contributed by atoms with van der Waals surface area (Å²) in [7, 11) is 0. The third-order valence-corrected chi connectivity index (χ3v) is 6.82. The van der Waals surface area contributed by atoms with E-state index >= 15 is 4.39 Å². The molecule has 12 heteroatoms. The Bertz CT molecular complexity index is 2040. The molecule has 228 valence electrons. The lowest BCUT2D eigenvalue weighted by Crippen LogP contribution is -2.42. The Hall–Kier alpha value is -5.78. The normalized spacial score (nSPS) is 11.0. The van der Waals surface area contributed by atoms with E-state index in [-0.39, 0.29) is 34.9 Å². The molecule has 0 unspecified atom stereocenters. The molecule has 0 radical (unpaired) electrons. The van der Waals surface area contributed by atoms with Gasteiger partial charge in [-0.25, -0.2) is 18.1 Å². The van der Waals surface area contributed by atoms with Gasteiger partial charge in [-0.2, -0.15) is 0 Å². The summed E-state index contributed by atoms with van der Waals surface area (Å²) in [6.07, 6.45) is 4.06. The lowest BCUT2D eigenvalue weighted by molar-refractivity contribution is 0.102. The van der Waals surface area contributed by atoms with Crippen molar-refractivity contribution in [2.75, 3.05) is 5.32 Å². The van der Waals surface area contributed by atoms with E-state index in [9.17, 15) is 18.8 Å². The van der Waals surface area contributed by atoms with Crippen LogP contribution in [0.5, 0.6) is 11.5 Å². The molecule has 0 spiro atoms. The van der Waals surface area contributed by atoms with Crippen LogP contribution in [0.1, 0.15) is 41.6 Å². The summed E-state index contributed by atoms with van der Waals surface area (Å²) in [6, 6.07) is 15.2. The lowest BCUT2D eigenvalue weighted by Gasteiger charge is -2.16. The van der Waals surface area contributed by atoms with Gasteiger partial charge >= 0.3 is 5.69 Å². The smallest absolute Gasteiger partial charge is 0.335 e. The molecule has 0 saturated carbocycles. The number of amides is 1. The summed E-state index contributed by atoms with van der Waals surface area (Å²) < 4.78 is 36.7. The maximum absolute atomic E-state index is 15.3. The van der Waals surface area contributed by atoms with Crippen molar-refractivity contribution in [3.63, 3.8) is 0 Å². The van der Waals surface area contributed by atoms with Gasteiger partial charge in [0.25, 0.3) is 11.5 Å². The van der Waals surface area contributed by atoms with Crippen molar-refractivity contribution in [2.24, 2.45) is 0 Å². The van der Waals surface area contributed by atoms with Crippen molar-refractivity contribution in [3.05, 3.63) is 129 Å². The quantitative estimate of drug-likeness (QED) is 0.201. The van der Waals surface area contributed by atoms with Crippen molar-refractivity contribution in [1.82, 2.24) is 19.1 Å². The number of ether oxygens (including phenoxy) is 1. The molecule has 5 aromatic rings. The van der Waals surface area contributed by atoms with Gasteiger partial charge in [-0.05, 0) is 75.4 Å². The molecule has 0 aliphatic heterocycles. The molecule has 2 N–H and O–H groups in total. The second-order valence-electron chi connectivity index (χ2n) is 10.4. The van der Waals surface area contributed by atoms with Crippen LogP contribution in [0.3, 0.4) is 0 Å². The Morgan fingerprint density at radius 2 is 1.80 bits per heavy atom. The van der Waals surface area contributed by atoms with E-state index < -0.39 is 34.8 Å². The SMILES string of the molecule is Cc1cccc(-c2cnc(CC=N)c(Oc3ccc(NC(=O)c4cn(C(C)C)c(=O)n(-c5ccc(F)cc5)c4=O)cc3F)c2)n1. The molecule has 0 aliphatic carbocycles. The van der Waals surface area contributed by atoms with Crippen molar-refractivity contribution in [2.45, 2.75) is 33.2 Å².